The number of nitrogens with one attached hydrogen (secondary N) is 1. The van der Waals surface area contributed by atoms with Crippen LogP contribution in [0.4, 0.5) is 14.6 Å². The van der Waals surface area contributed by atoms with Gasteiger partial charge in [0.05, 0.1) is 0 Å². The van der Waals surface area contributed by atoms with E-state index >= 15 is 4.39 Å². The molecule has 1 aliphatic carbocycles. The lowest BCUT2D eigenvalue weighted by Gasteiger charge is -2.42. The van der Waals surface area contributed by atoms with Gasteiger partial charge >= 0.3 is 0 Å². The first-order chi connectivity index (χ1) is 15.7. The van der Waals surface area contributed by atoms with Crippen molar-refractivity contribution in [1.29, 1.82) is 0 Å². The predicted molar refractivity (Wildman–Crippen MR) is 118 cm³/mol. The zero-order valence-corrected chi connectivity index (χ0v) is 19.1. The Morgan fingerprint density at radius 3 is 2.67 bits per heavy atom. The van der Waals surface area contributed by atoms with E-state index in [0.29, 0.717) is 12.5 Å². The molecular formula is C23H24F2N4O3S. The second-order valence-corrected chi connectivity index (χ2v) is 9.96. The first-order valence-electron chi connectivity index (χ1n) is 10.6. The molecule has 0 amide bonds. The number of hydrogen-bond acceptors (Lipinski definition) is 6. The molecule has 0 spiro atoms. The summed E-state index contributed by atoms with van der Waals surface area (Å²) < 4.78 is 63.3. The van der Waals surface area contributed by atoms with Crippen LogP contribution in [-0.4, -0.2) is 29.0 Å². The van der Waals surface area contributed by atoms with E-state index in [1.54, 1.807) is 6.20 Å². The lowest BCUT2D eigenvalue weighted by molar-refractivity contribution is 0.0218. The smallest absolute Gasteiger partial charge is 0.266 e. The molecule has 3 aromatic rings. The molecule has 2 atom stereocenters. The lowest BCUT2D eigenvalue weighted by atomic mass is 9.72. The van der Waals surface area contributed by atoms with E-state index in [0.717, 1.165) is 42.9 Å². The number of nitrogens with zero attached hydrogens (tertiary/aromatic N) is 3. The molecule has 2 aromatic heterocycles. The quantitative estimate of drug-likeness (QED) is 0.554. The van der Waals surface area contributed by atoms with E-state index in [1.165, 1.54) is 12.3 Å². The number of aryl methyl sites for hydroxylation is 1. The van der Waals surface area contributed by atoms with Gasteiger partial charge in [-0.3, -0.25) is 9.71 Å². The second-order valence-electron chi connectivity index (χ2n) is 8.30. The molecule has 7 nitrogen and oxygen atoms in total. The van der Waals surface area contributed by atoms with Crippen LogP contribution in [0.25, 0.3) is 0 Å². The first kappa shape index (κ1) is 23.0. The van der Waals surface area contributed by atoms with Gasteiger partial charge in [0.2, 0.25) is 0 Å². The molecule has 10 heteroatoms. The van der Waals surface area contributed by atoms with Crippen LogP contribution < -0.4 is 9.46 Å². The summed E-state index contributed by atoms with van der Waals surface area (Å²) in [6, 6.07) is 6.54. The molecule has 0 saturated heterocycles. The Hall–Kier alpha value is -3.14. The summed E-state index contributed by atoms with van der Waals surface area (Å²) in [5.74, 6) is -2.54. The highest BCUT2D eigenvalue weighted by Gasteiger charge is 2.41. The molecule has 0 unspecified atom stereocenters. The number of sulfonamides is 1. The van der Waals surface area contributed by atoms with E-state index in [9.17, 15) is 12.8 Å². The molecule has 2 heterocycles. The standard InChI is InChI=1S/C23H24F2N4O3S/c1-15-16(6-5-10-27-15)17-7-3-4-9-23(17,2)32-20-12-19(25)21(13-18(20)24)33(30,31)29-22-8-11-26-14-28-22/h5-6,8,10-14,17H,3-4,7,9H2,1-2H3,(H,26,28,29)/t17-,23-/m1/s1. The van der Waals surface area contributed by atoms with Crippen LogP contribution >= 0.6 is 0 Å². The van der Waals surface area contributed by atoms with Crippen molar-refractivity contribution < 1.29 is 21.9 Å². The highest BCUT2D eigenvalue weighted by molar-refractivity contribution is 7.92. The van der Waals surface area contributed by atoms with Crippen molar-refractivity contribution in [3.63, 3.8) is 0 Å². The Kier molecular flexibility index (Phi) is 6.29. The third-order valence-corrected chi connectivity index (χ3v) is 7.39. The summed E-state index contributed by atoms with van der Waals surface area (Å²) in [6.07, 6.45) is 7.50. The number of ether oxygens (including phenoxy) is 1. The average molecular weight is 475 g/mol. The minimum Gasteiger partial charge on any atom is -0.484 e. The summed E-state index contributed by atoms with van der Waals surface area (Å²) in [5.41, 5.74) is 1.07. The van der Waals surface area contributed by atoms with Crippen molar-refractivity contribution in [2.24, 2.45) is 0 Å². The van der Waals surface area contributed by atoms with Crippen molar-refractivity contribution in [2.45, 2.75) is 55.9 Å². The third-order valence-electron chi connectivity index (χ3n) is 6.02. The van der Waals surface area contributed by atoms with Gasteiger partial charge in [-0.25, -0.2) is 27.2 Å². The zero-order chi connectivity index (χ0) is 23.6. The number of anilines is 1. The maximum Gasteiger partial charge on any atom is 0.266 e. The number of pyridine rings is 1. The normalized spacial score (nSPS) is 20.9. The summed E-state index contributed by atoms with van der Waals surface area (Å²) in [4.78, 5) is 11.0. The van der Waals surface area contributed by atoms with Crippen molar-refractivity contribution in [3.05, 3.63) is 71.9 Å². The van der Waals surface area contributed by atoms with Gasteiger partial charge in [-0.05, 0) is 50.8 Å². The summed E-state index contributed by atoms with van der Waals surface area (Å²) >= 11 is 0. The number of hydrogen-bond donors (Lipinski definition) is 1. The van der Waals surface area contributed by atoms with Gasteiger partial charge in [0.25, 0.3) is 10.0 Å². The van der Waals surface area contributed by atoms with Gasteiger partial charge in [-0.2, -0.15) is 0 Å². The SMILES string of the molecule is Cc1ncccc1[C@H]1CCCC[C@@]1(C)Oc1cc(F)c(S(=O)(=O)Nc2ccncn2)cc1F. The Balaban J connectivity index is 1.64. The highest BCUT2D eigenvalue weighted by Crippen LogP contribution is 2.45. The molecule has 1 aromatic carbocycles. The third kappa shape index (κ3) is 4.80. The van der Waals surface area contributed by atoms with Gasteiger partial charge in [0.1, 0.15) is 28.5 Å². The van der Waals surface area contributed by atoms with Crippen LogP contribution in [0.2, 0.25) is 0 Å². The Labute approximate surface area is 191 Å². The predicted octanol–water partition coefficient (Wildman–Crippen LogP) is 4.75. The van der Waals surface area contributed by atoms with Crippen LogP contribution in [0, 0.1) is 18.6 Å². The molecule has 1 N–H and O–H groups in total. The topological polar surface area (TPSA) is 94.1 Å². The van der Waals surface area contributed by atoms with Crippen LogP contribution in [0.5, 0.6) is 5.75 Å². The van der Waals surface area contributed by atoms with Crippen LogP contribution in [-0.2, 0) is 10.0 Å². The lowest BCUT2D eigenvalue weighted by Crippen LogP contribution is -2.42. The molecule has 0 aliphatic heterocycles. The second kappa shape index (κ2) is 9.01. The van der Waals surface area contributed by atoms with Gasteiger partial charge < -0.3 is 4.74 Å². The Morgan fingerprint density at radius 2 is 1.94 bits per heavy atom. The van der Waals surface area contributed by atoms with Gasteiger partial charge in [-0.1, -0.05) is 12.5 Å². The van der Waals surface area contributed by atoms with E-state index in [4.69, 9.17) is 4.74 Å². The van der Waals surface area contributed by atoms with Crippen molar-refractivity contribution in [1.82, 2.24) is 15.0 Å². The average Bonchev–Trinajstić information content (AvgIpc) is 2.77. The zero-order valence-electron chi connectivity index (χ0n) is 18.3. The number of benzene rings is 1. The summed E-state index contributed by atoms with van der Waals surface area (Å²) in [7, 11) is -4.41. The van der Waals surface area contributed by atoms with Gasteiger partial charge in [0.15, 0.2) is 11.6 Å². The Morgan fingerprint density at radius 1 is 1.12 bits per heavy atom. The maximum absolute atomic E-state index is 15.0. The number of rotatable bonds is 6. The highest BCUT2D eigenvalue weighted by atomic mass is 32.2. The van der Waals surface area contributed by atoms with Crippen molar-refractivity contribution >= 4 is 15.8 Å². The number of halogens is 2. The fourth-order valence-electron chi connectivity index (χ4n) is 4.36. The van der Waals surface area contributed by atoms with E-state index in [1.807, 2.05) is 26.0 Å². The largest absolute Gasteiger partial charge is 0.484 e. The van der Waals surface area contributed by atoms with E-state index < -0.39 is 32.2 Å². The molecule has 4 rings (SSSR count). The number of aromatic nitrogens is 3. The maximum atomic E-state index is 15.0. The van der Waals surface area contributed by atoms with Gasteiger partial charge in [0, 0.05) is 36.1 Å². The molecule has 1 saturated carbocycles. The van der Waals surface area contributed by atoms with Gasteiger partial charge in [-0.15, -0.1) is 0 Å². The van der Waals surface area contributed by atoms with Crippen LogP contribution in [0.3, 0.4) is 0 Å². The molecular weight excluding hydrogens is 450 g/mol. The molecule has 174 valence electrons. The Bertz CT molecular complexity index is 1260. The molecule has 1 fully saturated rings. The molecule has 33 heavy (non-hydrogen) atoms. The van der Waals surface area contributed by atoms with Crippen LogP contribution in [0.1, 0.15) is 49.8 Å². The molecule has 0 bridgehead atoms. The summed E-state index contributed by atoms with van der Waals surface area (Å²) in [5, 5.41) is 0. The minimum absolute atomic E-state index is 0.0606. The monoisotopic (exact) mass is 474 g/mol. The molecule has 0 radical (unpaired) electrons. The van der Waals surface area contributed by atoms with E-state index in [2.05, 4.69) is 19.7 Å². The molecule has 1 aliphatic rings. The van der Waals surface area contributed by atoms with Crippen LogP contribution in [0.15, 0.2) is 53.9 Å². The van der Waals surface area contributed by atoms with Crippen molar-refractivity contribution in [2.75, 3.05) is 4.72 Å². The first-order valence-corrected chi connectivity index (χ1v) is 12.1. The van der Waals surface area contributed by atoms with E-state index in [-0.39, 0.29) is 17.5 Å². The fraction of sp³-hybridized carbons (Fsp3) is 0.348. The summed E-state index contributed by atoms with van der Waals surface area (Å²) in [6.45, 7) is 3.79. The fourth-order valence-corrected chi connectivity index (χ4v) is 5.45. The van der Waals surface area contributed by atoms with Crippen molar-refractivity contribution in [3.8, 4) is 5.75 Å². The minimum atomic E-state index is -4.41.